The van der Waals surface area contributed by atoms with E-state index in [2.05, 4.69) is 17.6 Å². The van der Waals surface area contributed by atoms with Crippen LogP contribution in [0.4, 0.5) is 0 Å². The first kappa shape index (κ1) is 13.6. The summed E-state index contributed by atoms with van der Waals surface area (Å²) in [7, 11) is 0. The number of nitriles is 1. The minimum atomic E-state index is 0.0378. The average Bonchev–Trinajstić information content (AvgIpc) is 2.36. The summed E-state index contributed by atoms with van der Waals surface area (Å²) < 4.78 is 0. The van der Waals surface area contributed by atoms with Gasteiger partial charge in [-0.25, -0.2) is 0 Å². The van der Waals surface area contributed by atoms with E-state index in [0.29, 0.717) is 12.0 Å². The third-order valence-corrected chi connectivity index (χ3v) is 2.99. The molecule has 0 unspecified atom stereocenters. The fourth-order valence-electron chi connectivity index (χ4n) is 1.39. The van der Waals surface area contributed by atoms with Crippen LogP contribution >= 0.6 is 11.8 Å². The first-order chi connectivity index (χ1) is 8.26. The second-order valence-electron chi connectivity index (χ2n) is 3.68. The Hall–Kier alpha value is -1.47. The van der Waals surface area contributed by atoms with Gasteiger partial charge in [0.2, 0.25) is 5.91 Å². The van der Waals surface area contributed by atoms with E-state index in [9.17, 15) is 4.79 Å². The normalized spacial score (nSPS) is 9.65. The van der Waals surface area contributed by atoms with Crippen LogP contribution in [-0.4, -0.2) is 24.5 Å². The molecule has 1 N–H and O–H groups in total. The smallest absolute Gasteiger partial charge is 0.224 e. The van der Waals surface area contributed by atoms with Crippen molar-refractivity contribution >= 4 is 17.7 Å². The quantitative estimate of drug-likeness (QED) is 0.783. The van der Waals surface area contributed by atoms with Gasteiger partial charge in [0.15, 0.2) is 0 Å². The highest BCUT2D eigenvalue weighted by Gasteiger charge is 2.02. The van der Waals surface area contributed by atoms with Gasteiger partial charge in [0.1, 0.15) is 0 Å². The molecule has 17 heavy (non-hydrogen) atoms. The lowest BCUT2D eigenvalue weighted by Crippen LogP contribution is -2.26. The lowest BCUT2D eigenvalue weighted by atomic mass is 10.1. The van der Waals surface area contributed by atoms with Crippen LogP contribution in [0.25, 0.3) is 0 Å². The monoisotopic (exact) mass is 248 g/mol. The molecule has 90 valence electrons. The minimum absolute atomic E-state index is 0.0378. The van der Waals surface area contributed by atoms with Gasteiger partial charge in [0.25, 0.3) is 0 Å². The maximum Gasteiger partial charge on any atom is 0.224 e. The van der Waals surface area contributed by atoms with Crippen LogP contribution < -0.4 is 5.32 Å². The summed E-state index contributed by atoms with van der Waals surface area (Å²) in [5, 5.41) is 11.5. The average molecular weight is 248 g/mol. The van der Waals surface area contributed by atoms with Crippen molar-refractivity contribution in [3.05, 3.63) is 35.4 Å². The van der Waals surface area contributed by atoms with E-state index in [-0.39, 0.29) is 5.91 Å². The van der Waals surface area contributed by atoms with Crippen LogP contribution in [0.15, 0.2) is 24.3 Å². The molecular formula is C13H16N2OS. The standard InChI is InChI=1S/C13H16N2OS/c1-17-8-2-7-15-13(16)9-11-3-5-12(10-14)6-4-11/h3-6H,2,7-9H2,1H3,(H,15,16). The van der Waals surface area contributed by atoms with Gasteiger partial charge in [0, 0.05) is 6.54 Å². The first-order valence-electron chi connectivity index (χ1n) is 5.51. The fraction of sp³-hybridized carbons (Fsp3) is 0.385. The molecule has 1 aromatic rings. The van der Waals surface area contributed by atoms with Crippen molar-refractivity contribution in [1.29, 1.82) is 5.26 Å². The van der Waals surface area contributed by atoms with Crippen LogP contribution in [0, 0.1) is 11.3 Å². The van der Waals surface area contributed by atoms with Gasteiger partial charge in [-0.05, 0) is 36.1 Å². The van der Waals surface area contributed by atoms with Crippen molar-refractivity contribution in [3.8, 4) is 6.07 Å². The summed E-state index contributed by atoms with van der Waals surface area (Å²) in [6.45, 7) is 0.732. The summed E-state index contributed by atoms with van der Waals surface area (Å²) in [6, 6.07) is 9.16. The van der Waals surface area contributed by atoms with Crippen molar-refractivity contribution in [2.75, 3.05) is 18.6 Å². The molecule has 0 radical (unpaired) electrons. The topological polar surface area (TPSA) is 52.9 Å². The van der Waals surface area contributed by atoms with Crippen molar-refractivity contribution < 1.29 is 4.79 Å². The Morgan fingerprint density at radius 2 is 2.12 bits per heavy atom. The molecule has 0 fully saturated rings. The summed E-state index contributed by atoms with van der Waals surface area (Å²) >= 11 is 1.78. The molecule has 0 spiro atoms. The highest BCUT2D eigenvalue weighted by Crippen LogP contribution is 2.04. The summed E-state index contributed by atoms with van der Waals surface area (Å²) in [6.07, 6.45) is 3.43. The molecule has 1 rings (SSSR count). The van der Waals surface area contributed by atoms with Gasteiger partial charge >= 0.3 is 0 Å². The number of amides is 1. The predicted octanol–water partition coefficient (Wildman–Crippen LogP) is 1.97. The number of carbonyl (C=O) groups excluding carboxylic acids is 1. The molecular weight excluding hydrogens is 232 g/mol. The predicted molar refractivity (Wildman–Crippen MR) is 70.9 cm³/mol. The molecule has 0 saturated carbocycles. The lowest BCUT2D eigenvalue weighted by Gasteiger charge is -2.04. The Bertz CT molecular complexity index is 395. The van der Waals surface area contributed by atoms with E-state index in [1.165, 1.54) is 0 Å². The molecule has 3 nitrogen and oxygen atoms in total. The molecule has 0 aromatic heterocycles. The van der Waals surface area contributed by atoms with Gasteiger partial charge < -0.3 is 5.32 Å². The molecule has 0 aliphatic rings. The third-order valence-electron chi connectivity index (χ3n) is 2.30. The molecule has 0 aliphatic heterocycles. The molecule has 0 saturated heterocycles. The lowest BCUT2D eigenvalue weighted by molar-refractivity contribution is -0.120. The summed E-state index contributed by atoms with van der Waals surface area (Å²) in [4.78, 5) is 11.5. The number of nitrogens with zero attached hydrogens (tertiary/aromatic N) is 1. The minimum Gasteiger partial charge on any atom is -0.356 e. The number of nitrogens with one attached hydrogen (secondary N) is 1. The second-order valence-corrected chi connectivity index (χ2v) is 4.67. The van der Waals surface area contributed by atoms with E-state index < -0.39 is 0 Å². The molecule has 1 aromatic carbocycles. The van der Waals surface area contributed by atoms with Gasteiger partial charge in [-0.2, -0.15) is 17.0 Å². The van der Waals surface area contributed by atoms with Crippen molar-refractivity contribution in [2.24, 2.45) is 0 Å². The van der Waals surface area contributed by atoms with Crippen LogP contribution in [0.5, 0.6) is 0 Å². The third kappa shape index (κ3) is 5.41. The molecule has 4 heteroatoms. The SMILES string of the molecule is CSCCCNC(=O)Cc1ccc(C#N)cc1. The van der Waals surface area contributed by atoms with E-state index in [4.69, 9.17) is 5.26 Å². The Morgan fingerprint density at radius 3 is 2.71 bits per heavy atom. The Morgan fingerprint density at radius 1 is 1.41 bits per heavy atom. The number of benzene rings is 1. The molecule has 1 amide bonds. The van der Waals surface area contributed by atoms with Gasteiger partial charge in [-0.1, -0.05) is 12.1 Å². The van der Waals surface area contributed by atoms with Crippen LogP contribution in [0.3, 0.4) is 0 Å². The van der Waals surface area contributed by atoms with Crippen LogP contribution in [0.2, 0.25) is 0 Å². The second kappa shape index (κ2) is 7.75. The van der Waals surface area contributed by atoms with Gasteiger partial charge in [0.05, 0.1) is 18.1 Å². The van der Waals surface area contributed by atoms with Crippen LogP contribution in [0.1, 0.15) is 17.5 Å². The van der Waals surface area contributed by atoms with E-state index >= 15 is 0 Å². The Labute approximate surface area is 106 Å². The number of rotatable bonds is 6. The van der Waals surface area contributed by atoms with Gasteiger partial charge in [-0.3, -0.25) is 4.79 Å². The number of hydrogen-bond donors (Lipinski definition) is 1. The zero-order chi connectivity index (χ0) is 12.5. The van der Waals surface area contributed by atoms with Crippen molar-refractivity contribution in [2.45, 2.75) is 12.8 Å². The maximum absolute atomic E-state index is 11.5. The molecule has 0 bridgehead atoms. The zero-order valence-electron chi connectivity index (χ0n) is 9.90. The Balaban J connectivity index is 2.32. The number of thioether (sulfide) groups is 1. The highest BCUT2D eigenvalue weighted by molar-refractivity contribution is 7.98. The van der Waals surface area contributed by atoms with Crippen LogP contribution in [-0.2, 0) is 11.2 Å². The van der Waals surface area contributed by atoms with Crippen molar-refractivity contribution in [3.63, 3.8) is 0 Å². The molecule has 0 aliphatic carbocycles. The van der Waals surface area contributed by atoms with E-state index in [1.807, 2.05) is 12.1 Å². The van der Waals surface area contributed by atoms with E-state index in [0.717, 1.165) is 24.3 Å². The van der Waals surface area contributed by atoms with E-state index in [1.54, 1.807) is 23.9 Å². The highest BCUT2D eigenvalue weighted by atomic mass is 32.2. The zero-order valence-corrected chi connectivity index (χ0v) is 10.7. The maximum atomic E-state index is 11.5. The first-order valence-corrected chi connectivity index (χ1v) is 6.90. The van der Waals surface area contributed by atoms with Crippen molar-refractivity contribution in [1.82, 2.24) is 5.32 Å². The summed E-state index contributed by atoms with van der Waals surface area (Å²) in [5.74, 6) is 1.10. The largest absolute Gasteiger partial charge is 0.356 e. The molecule has 0 atom stereocenters. The number of carbonyl (C=O) groups is 1. The number of hydrogen-bond acceptors (Lipinski definition) is 3. The molecule has 0 heterocycles. The van der Waals surface area contributed by atoms with Gasteiger partial charge in [-0.15, -0.1) is 0 Å². The summed E-state index contributed by atoms with van der Waals surface area (Å²) in [5.41, 5.74) is 1.56. The Kier molecular flexibility index (Phi) is 6.19. The fourth-order valence-corrected chi connectivity index (χ4v) is 1.82.